The van der Waals surface area contributed by atoms with Crippen LogP contribution in [0.25, 0.3) is 16.9 Å². The minimum atomic E-state index is -4.83. The lowest BCUT2D eigenvalue weighted by Gasteiger charge is -2.10. The molecule has 0 spiro atoms. The lowest BCUT2D eigenvalue weighted by molar-refractivity contribution is -0.274. The molecule has 0 saturated carbocycles. The van der Waals surface area contributed by atoms with Crippen LogP contribution in [-0.4, -0.2) is 25.9 Å². The lowest BCUT2D eigenvalue weighted by Crippen LogP contribution is -2.16. The first-order valence-electron chi connectivity index (χ1n) is 6.70. The molecule has 0 radical (unpaired) electrons. The van der Waals surface area contributed by atoms with E-state index in [0.29, 0.717) is 5.56 Å². The quantitative estimate of drug-likeness (QED) is 0.647. The maximum Gasteiger partial charge on any atom is 0.573 e. The van der Waals surface area contributed by atoms with Gasteiger partial charge in [0, 0.05) is 11.8 Å². The number of alkyl halides is 6. The van der Waals surface area contributed by atoms with E-state index in [1.807, 2.05) is 0 Å². The molecule has 0 amide bonds. The number of hydrogen-bond donors (Lipinski definition) is 0. The predicted molar refractivity (Wildman–Crippen MR) is 72.6 cm³/mol. The summed E-state index contributed by atoms with van der Waals surface area (Å²) in [5, 5.41) is 6.58. The third kappa shape index (κ3) is 3.49. The Labute approximate surface area is 135 Å². The van der Waals surface area contributed by atoms with Crippen molar-refractivity contribution >= 4 is 5.65 Å². The summed E-state index contributed by atoms with van der Waals surface area (Å²) in [6, 6.07) is 4.60. The summed E-state index contributed by atoms with van der Waals surface area (Å²) in [4.78, 5) is 4.12. The highest BCUT2D eigenvalue weighted by atomic mass is 19.4. The van der Waals surface area contributed by atoms with Gasteiger partial charge in [-0.25, -0.2) is 4.98 Å². The van der Waals surface area contributed by atoms with Crippen LogP contribution in [0.5, 0.6) is 5.75 Å². The molecular weight excluding hydrogens is 354 g/mol. The van der Waals surface area contributed by atoms with E-state index in [9.17, 15) is 26.3 Å². The normalized spacial score (nSPS) is 12.6. The number of halogens is 6. The van der Waals surface area contributed by atoms with Crippen LogP contribution in [0, 0.1) is 6.92 Å². The Morgan fingerprint density at radius 3 is 2.16 bits per heavy atom. The summed E-state index contributed by atoms with van der Waals surface area (Å²) in [5.74, 6) is -1.67. The fourth-order valence-corrected chi connectivity index (χ4v) is 2.20. The third-order valence-corrected chi connectivity index (χ3v) is 3.20. The van der Waals surface area contributed by atoms with Crippen molar-refractivity contribution in [3.8, 4) is 17.0 Å². The van der Waals surface area contributed by atoms with Gasteiger partial charge in [-0.15, -0.1) is 23.4 Å². The maximum absolute atomic E-state index is 13.0. The fraction of sp³-hybridized carbons (Fsp3) is 0.214. The highest BCUT2D eigenvalue weighted by molar-refractivity contribution is 5.62. The Morgan fingerprint density at radius 2 is 1.60 bits per heavy atom. The van der Waals surface area contributed by atoms with Crippen LogP contribution < -0.4 is 4.74 Å². The number of rotatable bonds is 2. The molecule has 0 bridgehead atoms. The minimum Gasteiger partial charge on any atom is -0.406 e. The first-order chi connectivity index (χ1) is 11.5. The zero-order valence-electron chi connectivity index (χ0n) is 12.4. The smallest absolute Gasteiger partial charge is 0.406 e. The van der Waals surface area contributed by atoms with E-state index < -0.39 is 24.1 Å². The summed E-state index contributed by atoms with van der Waals surface area (Å²) >= 11 is 0. The van der Waals surface area contributed by atoms with E-state index >= 15 is 0 Å². The number of fused-ring (bicyclic) bond motifs is 1. The van der Waals surface area contributed by atoms with Gasteiger partial charge in [-0.3, -0.25) is 4.40 Å². The summed E-state index contributed by atoms with van der Waals surface area (Å²) in [7, 11) is 0. The summed E-state index contributed by atoms with van der Waals surface area (Å²) < 4.78 is 79.8. The Balaban J connectivity index is 2.04. The van der Waals surface area contributed by atoms with Crippen molar-refractivity contribution in [2.75, 3.05) is 0 Å². The van der Waals surface area contributed by atoms with E-state index in [-0.39, 0.29) is 17.0 Å². The summed E-state index contributed by atoms with van der Waals surface area (Å²) in [5.41, 5.74) is 0.555. The number of ether oxygens (including phenoxy) is 1. The Hall–Kier alpha value is -2.85. The van der Waals surface area contributed by atoms with Gasteiger partial charge in [-0.2, -0.15) is 13.2 Å². The average Bonchev–Trinajstić information content (AvgIpc) is 2.91. The molecule has 3 aromatic rings. The summed E-state index contributed by atoms with van der Waals surface area (Å²) in [6.45, 7) is 1.45. The van der Waals surface area contributed by atoms with E-state index in [2.05, 4.69) is 19.9 Å². The lowest BCUT2D eigenvalue weighted by atomic mass is 10.1. The van der Waals surface area contributed by atoms with E-state index in [4.69, 9.17) is 0 Å². The van der Waals surface area contributed by atoms with Gasteiger partial charge in [0.15, 0.2) is 5.65 Å². The second-order valence-corrected chi connectivity index (χ2v) is 5.00. The molecule has 0 saturated heterocycles. The molecule has 25 heavy (non-hydrogen) atoms. The average molecular weight is 362 g/mol. The van der Waals surface area contributed by atoms with Crippen LogP contribution in [0.2, 0.25) is 0 Å². The van der Waals surface area contributed by atoms with Gasteiger partial charge in [0.1, 0.15) is 5.75 Å². The van der Waals surface area contributed by atoms with Gasteiger partial charge < -0.3 is 4.74 Å². The molecule has 0 aliphatic carbocycles. The molecule has 132 valence electrons. The van der Waals surface area contributed by atoms with Crippen molar-refractivity contribution in [3.63, 3.8) is 0 Å². The van der Waals surface area contributed by atoms with Crippen molar-refractivity contribution in [2.24, 2.45) is 0 Å². The highest BCUT2D eigenvalue weighted by Gasteiger charge is 2.37. The maximum atomic E-state index is 13.0. The van der Waals surface area contributed by atoms with Crippen LogP contribution >= 0.6 is 0 Å². The number of aromatic nitrogens is 4. The van der Waals surface area contributed by atoms with Crippen LogP contribution in [-0.2, 0) is 6.18 Å². The SMILES string of the molecule is Cc1nc(-c2ccc(OC(F)(F)F)cc2)cn2c(C(F)(F)F)nnc12. The van der Waals surface area contributed by atoms with E-state index in [1.54, 1.807) is 0 Å². The number of hydrogen-bond acceptors (Lipinski definition) is 4. The second kappa shape index (κ2) is 5.60. The zero-order valence-corrected chi connectivity index (χ0v) is 12.4. The molecular formula is C14H8F6N4O. The molecule has 0 aliphatic rings. The molecule has 11 heteroatoms. The summed E-state index contributed by atoms with van der Waals surface area (Å²) in [6.07, 6.45) is -8.47. The molecule has 5 nitrogen and oxygen atoms in total. The molecule has 0 atom stereocenters. The Morgan fingerprint density at radius 1 is 0.960 bits per heavy atom. The van der Waals surface area contributed by atoms with Crippen molar-refractivity contribution < 1.29 is 31.1 Å². The van der Waals surface area contributed by atoms with Crippen molar-refractivity contribution in [1.82, 2.24) is 19.6 Å². The predicted octanol–water partition coefficient (Wildman–Crippen LogP) is 4.02. The molecule has 3 rings (SSSR count). The topological polar surface area (TPSA) is 52.3 Å². The van der Waals surface area contributed by atoms with Gasteiger partial charge in [0.2, 0.25) is 5.82 Å². The second-order valence-electron chi connectivity index (χ2n) is 5.00. The number of benzene rings is 1. The van der Waals surface area contributed by atoms with E-state index in [0.717, 1.165) is 22.7 Å². The van der Waals surface area contributed by atoms with Gasteiger partial charge in [0.05, 0.1) is 11.4 Å². The Bertz CT molecular complexity index is 914. The standard InChI is InChI=1S/C14H8F6N4O/c1-7-11-22-23-12(13(15,16)17)24(11)6-10(21-7)8-2-4-9(5-3-8)25-14(18,19)20/h2-6H,1H3. The van der Waals surface area contributed by atoms with Crippen LogP contribution in [0.15, 0.2) is 30.5 Å². The molecule has 0 N–H and O–H groups in total. The van der Waals surface area contributed by atoms with Gasteiger partial charge in [0.25, 0.3) is 0 Å². The fourth-order valence-electron chi connectivity index (χ4n) is 2.20. The van der Waals surface area contributed by atoms with Crippen molar-refractivity contribution in [1.29, 1.82) is 0 Å². The van der Waals surface area contributed by atoms with Crippen molar-refractivity contribution in [2.45, 2.75) is 19.5 Å². The molecule has 2 aromatic heterocycles. The van der Waals surface area contributed by atoms with Gasteiger partial charge in [-0.1, -0.05) is 0 Å². The van der Waals surface area contributed by atoms with Crippen LogP contribution in [0.1, 0.15) is 11.5 Å². The minimum absolute atomic E-state index is 0.0619. The highest BCUT2D eigenvalue weighted by Crippen LogP contribution is 2.30. The molecule has 1 aromatic carbocycles. The van der Waals surface area contributed by atoms with Gasteiger partial charge in [-0.05, 0) is 31.2 Å². The molecule has 2 heterocycles. The van der Waals surface area contributed by atoms with Gasteiger partial charge >= 0.3 is 12.5 Å². The largest absolute Gasteiger partial charge is 0.573 e. The van der Waals surface area contributed by atoms with Crippen LogP contribution in [0.3, 0.4) is 0 Å². The molecule has 0 fully saturated rings. The van der Waals surface area contributed by atoms with Crippen LogP contribution in [0.4, 0.5) is 26.3 Å². The number of aryl methyl sites for hydroxylation is 1. The first kappa shape index (κ1) is 17.0. The first-order valence-corrected chi connectivity index (χ1v) is 6.70. The van der Waals surface area contributed by atoms with E-state index in [1.165, 1.54) is 19.1 Å². The molecule has 0 aliphatic heterocycles. The zero-order chi connectivity index (χ0) is 18.4. The molecule has 0 unspecified atom stereocenters. The third-order valence-electron chi connectivity index (χ3n) is 3.20. The monoisotopic (exact) mass is 362 g/mol. The number of nitrogens with zero attached hydrogens (tertiary/aromatic N) is 4. The Kier molecular flexibility index (Phi) is 3.81. The van der Waals surface area contributed by atoms with Crippen molar-refractivity contribution in [3.05, 3.63) is 42.0 Å².